The largest absolute Gasteiger partial charge is 0.309 e. The number of para-hydroxylation sites is 3. The molecule has 0 fully saturated rings. The number of fused-ring (bicyclic) bond motifs is 9. The van der Waals surface area contributed by atoms with E-state index in [-0.39, 0.29) is 5.41 Å². The van der Waals surface area contributed by atoms with Crippen molar-refractivity contribution in [2.75, 3.05) is 0 Å². The Kier molecular flexibility index (Phi) is 4.76. The summed E-state index contributed by atoms with van der Waals surface area (Å²) >= 11 is 0. The molecule has 2 nitrogen and oxygen atoms in total. The van der Waals surface area contributed by atoms with Gasteiger partial charge in [-0.25, -0.2) is 0 Å². The van der Waals surface area contributed by atoms with Crippen LogP contribution in [0.15, 0.2) is 139 Å². The highest BCUT2D eigenvalue weighted by Crippen LogP contribution is 2.53. The zero-order valence-electron chi connectivity index (χ0n) is 23.8. The third kappa shape index (κ3) is 2.99. The summed E-state index contributed by atoms with van der Waals surface area (Å²) in [4.78, 5) is 0. The third-order valence-electron chi connectivity index (χ3n) is 9.55. The van der Waals surface area contributed by atoms with E-state index in [2.05, 4.69) is 156 Å². The fourth-order valence-electron chi connectivity index (χ4n) is 7.87. The van der Waals surface area contributed by atoms with E-state index >= 15 is 0 Å². The minimum Gasteiger partial charge on any atom is -0.309 e. The molecule has 2 aliphatic rings. The number of rotatable bonds is 2. The third-order valence-corrected chi connectivity index (χ3v) is 9.55. The van der Waals surface area contributed by atoms with E-state index < -0.39 is 0 Å². The number of nitrogens with zero attached hydrogens (tertiary/aromatic N) is 2. The summed E-state index contributed by atoms with van der Waals surface area (Å²) in [5.74, 6) is 0. The lowest BCUT2D eigenvalue weighted by molar-refractivity contribution is 0.653. The molecule has 2 heteroatoms. The molecule has 7 aromatic rings. The predicted molar refractivity (Wildman–Crippen MR) is 178 cm³/mol. The van der Waals surface area contributed by atoms with Crippen molar-refractivity contribution >= 4 is 54.9 Å². The normalized spacial score (nSPS) is 15.9. The Morgan fingerprint density at radius 1 is 0.571 bits per heavy atom. The van der Waals surface area contributed by atoms with E-state index in [9.17, 15) is 0 Å². The van der Waals surface area contributed by atoms with Crippen molar-refractivity contribution in [2.24, 2.45) is 0 Å². The molecule has 2 aromatic heterocycles. The van der Waals surface area contributed by atoms with Crippen molar-refractivity contribution in [3.05, 3.63) is 150 Å². The van der Waals surface area contributed by atoms with Gasteiger partial charge in [-0.05, 0) is 71.2 Å². The average molecular weight is 539 g/mol. The molecule has 5 aromatic carbocycles. The smallest absolute Gasteiger partial charge is 0.0549 e. The van der Waals surface area contributed by atoms with E-state index in [1.54, 1.807) is 0 Å². The minimum atomic E-state index is -0.102. The van der Waals surface area contributed by atoms with Crippen LogP contribution < -0.4 is 0 Å². The molecular weight excluding hydrogens is 508 g/mol. The average Bonchev–Trinajstić information content (AvgIpc) is 3.53. The summed E-state index contributed by atoms with van der Waals surface area (Å²) < 4.78 is 4.96. The molecule has 0 unspecified atom stereocenters. The van der Waals surface area contributed by atoms with Crippen molar-refractivity contribution in [3.8, 4) is 5.69 Å². The Balaban J connectivity index is 1.43. The van der Waals surface area contributed by atoms with Crippen molar-refractivity contribution in [1.82, 2.24) is 9.13 Å². The fourth-order valence-corrected chi connectivity index (χ4v) is 7.87. The summed E-state index contributed by atoms with van der Waals surface area (Å²) in [5, 5.41) is 5.21. The molecule has 0 bridgehead atoms. The molecule has 0 radical (unpaired) electrons. The van der Waals surface area contributed by atoms with Crippen LogP contribution in [0.2, 0.25) is 0 Å². The van der Waals surface area contributed by atoms with Crippen LogP contribution in [-0.2, 0) is 5.41 Å². The van der Waals surface area contributed by atoms with E-state index in [0.717, 1.165) is 6.42 Å². The van der Waals surface area contributed by atoms with Crippen LogP contribution in [0.3, 0.4) is 0 Å². The van der Waals surface area contributed by atoms with E-state index in [0.29, 0.717) is 0 Å². The molecule has 0 spiro atoms. The highest BCUT2D eigenvalue weighted by Gasteiger charge is 2.40. The first kappa shape index (κ1) is 23.6. The second-order valence-electron chi connectivity index (χ2n) is 12.1. The van der Waals surface area contributed by atoms with Crippen molar-refractivity contribution in [2.45, 2.75) is 25.7 Å². The molecule has 0 aliphatic heterocycles. The predicted octanol–water partition coefficient (Wildman–Crippen LogP) is 10.4. The van der Waals surface area contributed by atoms with Crippen LogP contribution in [0.5, 0.6) is 0 Å². The van der Waals surface area contributed by atoms with Gasteiger partial charge in [0.15, 0.2) is 0 Å². The van der Waals surface area contributed by atoms with Crippen LogP contribution >= 0.6 is 0 Å². The van der Waals surface area contributed by atoms with Gasteiger partial charge in [0.2, 0.25) is 0 Å². The standard InChI is InChI=1S/C40H30N2/c1-40(2)31-20-10-6-16-27(31)28-17-7-13-23-36(39(28)40)42-33-22-12-9-19-30(33)38-35(42)25-24-34-37(38)29-18-8-11-21-32(29)41(34)26-14-4-3-5-15-26/h3-16,18-25H,17H2,1-2H3. The Labute approximate surface area is 245 Å². The SMILES string of the molecule is CC1(C)C2=C(CC=CC=C2n2c3ccccc3c3c4c5ccccc5n(-c5ccccc5)c4ccc32)c2ccccc21. The quantitative estimate of drug-likeness (QED) is 0.207. The summed E-state index contributed by atoms with van der Waals surface area (Å²) in [6, 6.07) is 42.2. The van der Waals surface area contributed by atoms with Gasteiger partial charge in [0, 0.05) is 32.6 Å². The Bertz CT molecular complexity index is 2330. The Morgan fingerprint density at radius 3 is 1.90 bits per heavy atom. The number of hydrogen-bond acceptors (Lipinski definition) is 0. The van der Waals surface area contributed by atoms with E-state index in [4.69, 9.17) is 0 Å². The fraction of sp³-hybridized carbons (Fsp3) is 0.100. The monoisotopic (exact) mass is 538 g/mol. The first-order valence-electron chi connectivity index (χ1n) is 14.9. The Morgan fingerprint density at radius 2 is 1.17 bits per heavy atom. The molecule has 0 N–H and O–H groups in total. The van der Waals surface area contributed by atoms with E-state index in [1.807, 2.05) is 0 Å². The van der Waals surface area contributed by atoms with Crippen LogP contribution in [0.4, 0.5) is 0 Å². The van der Waals surface area contributed by atoms with Gasteiger partial charge in [-0.1, -0.05) is 105 Å². The topological polar surface area (TPSA) is 9.86 Å². The second kappa shape index (κ2) is 8.47. The molecule has 42 heavy (non-hydrogen) atoms. The van der Waals surface area contributed by atoms with Crippen LogP contribution in [0.25, 0.3) is 60.6 Å². The van der Waals surface area contributed by atoms with Gasteiger partial charge < -0.3 is 9.13 Å². The van der Waals surface area contributed by atoms with Gasteiger partial charge in [-0.15, -0.1) is 0 Å². The Hall–Kier alpha value is -5.08. The number of allylic oxidation sites excluding steroid dienone is 6. The molecule has 0 atom stereocenters. The van der Waals surface area contributed by atoms with E-state index in [1.165, 1.54) is 77.3 Å². The van der Waals surface area contributed by atoms with Crippen molar-refractivity contribution < 1.29 is 0 Å². The van der Waals surface area contributed by atoms with Gasteiger partial charge in [-0.2, -0.15) is 0 Å². The second-order valence-corrected chi connectivity index (χ2v) is 12.1. The van der Waals surface area contributed by atoms with Gasteiger partial charge in [0.25, 0.3) is 0 Å². The molecule has 2 aliphatic carbocycles. The number of benzene rings is 5. The first-order chi connectivity index (χ1) is 20.6. The van der Waals surface area contributed by atoms with Crippen LogP contribution in [0, 0.1) is 0 Å². The lowest BCUT2D eigenvalue weighted by Gasteiger charge is -2.28. The molecule has 2 heterocycles. The molecule has 9 rings (SSSR count). The summed E-state index contributed by atoms with van der Waals surface area (Å²) in [7, 11) is 0. The zero-order chi connectivity index (χ0) is 28.0. The maximum absolute atomic E-state index is 2.54. The van der Waals surface area contributed by atoms with Crippen LogP contribution in [0.1, 0.15) is 31.4 Å². The summed E-state index contributed by atoms with van der Waals surface area (Å²) in [5.41, 5.74) is 13.0. The summed E-state index contributed by atoms with van der Waals surface area (Å²) in [6.45, 7) is 4.79. The lowest BCUT2D eigenvalue weighted by Crippen LogP contribution is -2.20. The van der Waals surface area contributed by atoms with Gasteiger partial charge in [0.1, 0.15) is 0 Å². The molecule has 0 amide bonds. The number of aromatic nitrogens is 2. The molecule has 0 saturated carbocycles. The van der Waals surface area contributed by atoms with Crippen LogP contribution in [-0.4, -0.2) is 9.13 Å². The molecule has 200 valence electrons. The van der Waals surface area contributed by atoms with Gasteiger partial charge in [-0.3, -0.25) is 0 Å². The molecular formula is C40H30N2. The number of hydrogen-bond donors (Lipinski definition) is 0. The summed E-state index contributed by atoms with van der Waals surface area (Å²) in [6.07, 6.45) is 7.87. The highest BCUT2D eigenvalue weighted by atomic mass is 15.0. The van der Waals surface area contributed by atoms with Crippen molar-refractivity contribution in [3.63, 3.8) is 0 Å². The lowest BCUT2D eigenvalue weighted by atomic mass is 9.79. The van der Waals surface area contributed by atoms with Gasteiger partial charge in [0.05, 0.1) is 27.8 Å². The van der Waals surface area contributed by atoms with Gasteiger partial charge >= 0.3 is 0 Å². The molecule has 0 saturated heterocycles. The first-order valence-corrected chi connectivity index (χ1v) is 14.9. The zero-order valence-corrected chi connectivity index (χ0v) is 23.8. The van der Waals surface area contributed by atoms with Crippen molar-refractivity contribution in [1.29, 1.82) is 0 Å². The minimum absolute atomic E-state index is 0.102. The maximum atomic E-state index is 2.54. The maximum Gasteiger partial charge on any atom is 0.0549 e. The highest BCUT2D eigenvalue weighted by molar-refractivity contribution is 6.29.